The Morgan fingerprint density at radius 1 is 1.09 bits per heavy atom. The SMILES string of the molecule is Cc1ccc(NCc2ccc(-c3ccccc3F)o2)cc1Cl. The van der Waals surface area contributed by atoms with Crippen molar-refractivity contribution in [2.24, 2.45) is 0 Å². The van der Waals surface area contributed by atoms with Gasteiger partial charge >= 0.3 is 0 Å². The van der Waals surface area contributed by atoms with Gasteiger partial charge in [0.2, 0.25) is 0 Å². The maximum Gasteiger partial charge on any atom is 0.137 e. The molecule has 112 valence electrons. The second-order valence-electron chi connectivity index (χ2n) is 5.06. The van der Waals surface area contributed by atoms with Gasteiger partial charge in [-0.25, -0.2) is 4.39 Å². The summed E-state index contributed by atoms with van der Waals surface area (Å²) >= 11 is 6.09. The fourth-order valence-corrected chi connectivity index (χ4v) is 2.35. The highest BCUT2D eigenvalue weighted by atomic mass is 35.5. The van der Waals surface area contributed by atoms with E-state index in [4.69, 9.17) is 16.0 Å². The summed E-state index contributed by atoms with van der Waals surface area (Å²) in [5, 5.41) is 3.96. The summed E-state index contributed by atoms with van der Waals surface area (Å²) < 4.78 is 19.4. The van der Waals surface area contributed by atoms with Gasteiger partial charge in [0.05, 0.1) is 12.1 Å². The zero-order chi connectivity index (χ0) is 15.5. The standard InChI is InChI=1S/C18H15ClFNO/c1-12-6-7-13(10-16(12)19)21-11-14-8-9-18(22-14)15-4-2-3-5-17(15)20/h2-10,21H,11H2,1H3. The van der Waals surface area contributed by atoms with Crippen molar-refractivity contribution >= 4 is 17.3 Å². The summed E-state index contributed by atoms with van der Waals surface area (Å²) in [6, 6.07) is 16.0. The molecule has 1 N–H and O–H groups in total. The molecule has 1 heterocycles. The number of halogens is 2. The number of hydrogen-bond acceptors (Lipinski definition) is 2. The van der Waals surface area contributed by atoms with Gasteiger partial charge in [0.15, 0.2) is 0 Å². The fourth-order valence-electron chi connectivity index (χ4n) is 2.17. The molecule has 3 aromatic rings. The lowest BCUT2D eigenvalue weighted by atomic mass is 10.1. The molecule has 2 aromatic carbocycles. The van der Waals surface area contributed by atoms with Crippen molar-refractivity contribution in [1.29, 1.82) is 0 Å². The number of furan rings is 1. The van der Waals surface area contributed by atoms with Gasteiger partial charge in [-0.05, 0) is 48.9 Å². The van der Waals surface area contributed by atoms with Gasteiger partial charge in [0.25, 0.3) is 0 Å². The first kappa shape index (κ1) is 14.7. The van der Waals surface area contributed by atoms with E-state index in [2.05, 4.69) is 5.32 Å². The Bertz CT molecular complexity index is 797. The lowest BCUT2D eigenvalue weighted by Crippen LogP contribution is -1.98. The van der Waals surface area contributed by atoms with Gasteiger partial charge < -0.3 is 9.73 Å². The van der Waals surface area contributed by atoms with Crippen molar-refractivity contribution in [3.63, 3.8) is 0 Å². The van der Waals surface area contributed by atoms with Crippen LogP contribution in [-0.4, -0.2) is 0 Å². The third kappa shape index (κ3) is 3.15. The minimum absolute atomic E-state index is 0.290. The van der Waals surface area contributed by atoms with Crippen molar-refractivity contribution in [2.75, 3.05) is 5.32 Å². The largest absolute Gasteiger partial charge is 0.459 e. The van der Waals surface area contributed by atoms with Gasteiger partial charge in [-0.15, -0.1) is 0 Å². The minimum Gasteiger partial charge on any atom is -0.459 e. The zero-order valence-corrected chi connectivity index (χ0v) is 12.8. The molecule has 0 aliphatic rings. The predicted octanol–water partition coefficient (Wildman–Crippen LogP) is 5.66. The molecular formula is C18H15ClFNO. The molecule has 0 aliphatic carbocycles. The number of benzene rings is 2. The second-order valence-corrected chi connectivity index (χ2v) is 5.47. The average molecular weight is 316 g/mol. The smallest absolute Gasteiger partial charge is 0.137 e. The van der Waals surface area contributed by atoms with E-state index >= 15 is 0 Å². The second kappa shape index (κ2) is 6.24. The number of hydrogen-bond donors (Lipinski definition) is 1. The van der Waals surface area contributed by atoms with Crippen molar-refractivity contribution in [3.8, 4) is 11.3 Å². The van der Waals surface area contributed by atoms with Gasteiger partial charge in [-0.1, -0.05) is 29.8 Å². The molecule has 3 rings (SSSR count). The topological polar surface area (TPSA) is 25.2 Å². The highest BCUT2D eigenvalue weighted by molar-refractivity contribution is 6.31. The molecule has 22 heavy (non-hydrogen) atoms. The number of rotatable bonds is 4. The molecule has 0 bridgehead atoms. The van der Waals surface area contributed by atoms with Crippen LogP contribution in [0.5, 0.6) is 0 Å². The molecule has 4 heteroatoms. The Kier molecular flexibility index (Phi) is 4.16. The van der Waals surface area contributed by atoms with E-state index in [-0.39, 0.29) is 5.82 Å². The monoisotopic (exact) mass is 315 g/mol. The van der Waals surface area contributed by atoms with E-state index in [0.29, 0.717) is 17.9 Å². The van der Waals surface area contributed by atoms with Crippen LogP contribution in [0.2, 0.25) is 5.02 Å². The molecule has 0 fully saturated rings. The first-order chi connectivity index (χ1) is 10.6. The van der Waals surface area contributed by atoms with Crippen LogP contribution >= 0.6 is 11.6 Å². The molecule has 2 nitrogen and oxygen atoms in total. The molecule has 1 aromatic heterocycles. The van der Waals surface area contributed by atoms with Crippen molar-refractivity contribution < 1.29 is 8.81 Å². The summed E-state index contributed by atoms with van der Waals surface area (Å²) in [4.78, 5) is 0. The van der Waals surface area contributed by atoms with Crippen LogP contribution in [0.25, 0.3) is 11.3 Å². The first-order valence-corrected chi connectivity index (χ1v) is 7.35. The Morgan fingerprint density at radius 3 is 2.68 bits per heavy atom. The fraction of sp³-hybridized carbons (Fsp3) is 0.111. The Labute approximate surface area is 133 Å². The van der Waals surface area contributed by atoms with Crippen LogP contribution in [0.15, 0.2) is 59.0 Å². The molecule has 0 atom stereocenters. The highest BCUT2D eigenvalue weighted by Crippen LogP contribution is 2.25. The molecule has 0 amide bonds. The van der Waals surface area contributed by atoms with E-state index in [1.165, 1.54) is 6.07 Å². The lowest BCUT2D eigenvalue weighted by molar-refractivity contribution is 0.525. The summed E-state index contributed by atoms with van der Waals surface area (Å²) in [7, 11) is 0. The zero-order valence-electron chi connectivity index (χ0n) is 12.1. The molecular weight excluding hydrogens is 301 g/mol. The summed E-state index contributed by atoms with van der Waals surface area (Å²) in [5.41, 5.74) is 2.42. The minimum atomic E-state index is -0.290. The van der Waals surface area contributed by atoms with E-state index < -0.39 is 0 Å². The van der Waals surface area contributed by atoms with E-state index in [9.17, 15) is 4.39 Å². The lowest BCUT2D eigenvalue weighted by Gasteiger charge is -2.06. The summed E-state index contributed by atoms with van der Waals surface area (Å²) in [6.07, 6.45) is 0. The van der Waals surface area contributed by atoms with E-state index in [1.807, 2.05) is 31.2 Å². The Balaban J connectivity index is 1.72. The van der Waals surface area contributed by atoms with Gasteiger partial charge in [0.1, 0.15) is 17.3 Å². The van der Waals surface area contributed by atoms with Gasteiger partial charge in [0, 0.05) is 10.7 Å². The average Bonchev–Trinajstić information content (AvgIpc) is 2.98. The maximum absolute atomic E-state index is 13.7. The summed E-state index contributed by atoms with van der Waals surface area (Å²) in [5.74, 6) is 0.966. The molecule has 0 radical (unpaired) electrons. The quantitative estimate of drug-likeness (QED) is 0.672. The first-order valence-electron chi connectivity index (χ1n) is 6.97. The third-order valence-electron chi connectivity index (χ3n) is 3.44. The molecule has 0 spiro atoms. The normalized spacial score (nSPS) is 10.7. The third-order valence-corrected chi connectivity index (χ3v) is 3.85. The van der Waals surface area contributed by atoms with Crippen molar-refractivity contribution in [2.45, 2.75) is 13.5 Å². The van der Waals surface area contributed by atoms with Crippen molar-refractivity contribution in [3.05, 3.63) is 76.8 Å². The molecule has 0 aliphatic heterocycles. The number of nitrogens with one attached hydrogen (secondary N) is 1. The highest BCUT2D eigenvalue weighted by Gasteiger charge is 2.09. The van der Waals surface area contributed by atoms with Gasteiger partial charge in [-0.2, -0.15) is 0 Å². The van der Waals surface area contributed by atoms with Crippen LogP contribution in [0.1, 0.15) is 11.3 Å². The van der Waals surface area contributed by atoms with Crippen molar-refractivity contribution in [1.82, 2.24) is 0 Å². The Hall–Kier alpha value is -2.26. The number of aryl methyl sites for hydroxylation is 1. The van der Waals surface area contributed by atoms with E-state index in [0.717, 1.165) is 22.0 Å². The van der Waals surface area contributed by atoms with Crippen LogP contribution in [0.3, 0.4) is 0 Å². The summed E-state index contributed by atoms with van der Waals surface area (Å²) in [6.45, 7) is 2.47. The number of anilines is 1. The molecule has 0 unspecified atom stereocenters. The van der Waals surface area contributed by atoms with Crippen LogP contribution in [-0.2, 0) is 6.54 Å². The maximum atomic E-state index is 13.7. The van der Waals surface area contributed by atoms with Crippen LogP contribution in [0, 0.1) is 12.7 Å². The van der Waals surface area contributed by atoms with Crippen LogP contribution < -0.4 is 5.32 Å². The van der Waals surface area contributed by atoms with E-state index in [1.54, 1.807) is 24.3 Å². The predicted molar refractivity (Wildman–Crippen MR) is 87.6 cm³/mol. The molecule has 0 saturated carbocycles. The Morgan fingerprint density at radius 2 is 1.91 bits per heavy atom. The van der Waals surface area contributed by atoms with Crippen LogP contribution in [0.4, 0.5) is 10.1 Å². The van der Waals surface area contributed by atoms with Gasteiger partial charge in [-0.3, -0.25) is 0 Å². The molecule has 0 saturated heterocycles.